The average Bonchev–Trinajstić information content (AvgIpc) is 2.39. The Bertz CT molecular complexity index is 423. The SMILES string of the molecule is CCc1nc(NN)c(C)c(N2CCCC(O)C2)n1. The summed E-state index contributed by atoms with van der Waals surface area (Å²) in [6.45, 7) is 5.51. The third-order valence-corrected chi connectivity index (χ3v) is 3.32. The zero-order chi connectivity index (χ0) is 13.1. The van der Waals surface area contributed by atoms with E-state index in [1.54, 1.807) is 0 Å². The lowest BCUT2D eigenvalue weighted by Crippen LogP contribution is -2.39. The second-order valence-corrected chi connectivity index (χ2v) is 4.68. The first-order valence-corrected chi connectivity index (χ1v) is 6.42. The topological polar surface area (TPSA) is 87.3 Å². The summed E-state index contributed by atoms with van der Waals surface area (Å²) in [6, 6.07) is 0. The van der Waals surface area contributed by atoms with Gasteiger partial charge in [-0.15, -0.1) is 0 Å². The van der Waals surface area contributed by atoms with Crippen LogP contribution in [0.2, 0.25) is 0 Å². The Kier molecular flexibility index (Phi) is 3.98. The van der Waals surface area contributed by atoms with Gasteiger partial charge in [0.1, 0.15) is 17.5 Å². The molecule has 18 heavy (non-hydrogen) atoms. The Labute approximate surface area is 107 Å². The number of aryl methyl sites for hydroxylation is 1. The zero-order valence-corrected chi connectivity index (χ0v) is 11.0. The van der Waals surface area contributed by atoms with Crippen molar-refractivity contribution in [1.29, 1.82) is 0 Å². The highest BCUT2D eigenvalue weighted by atomic mass is 16.3. The molecule has 0 aromatic carbocycles. The maximum Gasteiger partial charge on any atom is 0.148 e. The van der Waals surface area contributed by atoms with Crippen LogP contribution in [0.4, 0.5) is 11.6 Å². The van der Waals surface area contributed by atoms with Crippen molar-refractivity contribution in [2.75, 3.05) is 23.4 Å². The van der Waals surface area contributed by atoms with Gasteiger partial charge in [0.15, 0.2) is 0 Å². The third kappa shape index (κ3) is 2.54. The van der Waals surface area contributed by atoms with E-state index in [9.17, 15) is 5.11 Å². The van der Waals surface area contributed by atoms with Gasteiger partial charge in [-0.05, 0) is 19.8 Å². The van der Waals surface area contributed by atoms with E-state index in [0.717, 1.165) is 43.0 Å². The number of piperidine rings is 1. The Morgan fingerprint density at radius 2 is 2.28 bits per heavy atom. The van der Waals surface area contributed by atoms with Crippen LogP contribution in [0.15, 0.2) is 0 Å². The lowest BCUT2D eigenvalue weighted by Gasteiger charge is -2.32. The second-order valence-electron chi connectivity index (χ2n) is 4.68. The lowest BCUT2D eigenvalue weighted by molar-refractivity contribution is 0.154. The number of aromatic nitrogens is 2. The number of hydrogen-bond donors (Lipinski definition) is 3. The lowest BCUT2D eigenvalue weighted by atomic mass is 10.1. The molecule has 1 aromatic rings. The number of nitrogen functional groups attached to an aromatic ring is 1. The van der Waals surface area contributed by atoms with Gasteiger partial charge < -0.3 is 15.4 Å². The van der Waals surface area contributed by atoms with E-state index >= 15 is 0 Å². The summed E-state index contributed by atoms with van der Waals surface area (Å²) in [4.78, 5) is 11.0. The summed E-state index contributed by atoms with van der Waals surface area (Å²) in [5, 5.41) is 9.76. The van der Waals surface area contributed by atoms with Gasteiger partial charge in [-0.25, -0.2) is 15.8 Å². The number of aliphatic hydroxyl groups excluding tert-OH is 1. The summed E-state index contributed by atoms with van der Waals surface area (Å²) in [7, 11) is 0. The van der Waals surface area contributed by atoms with Crippen molar-refractivity contribution in [1.82, 2.24) is 9.97 Å². The van der Waals surface area contributed by atoms with Crippen LogP contribution in [0.3, 0.4) is 0 Å². The minimum Gasteiger partial charge on any atom is -0.391 e. The number of nitrogens with two attached hydrogens (primary N) is 1. The maximum absolute atomic E-state index is 9.76. The quantitative estimate of drug-likeness (QED) is 0.538. The fourth-order valence-corrected chi connectivity index (χ4v) is 2.30. The van der Waals surface area contributed by atoms with Crippen molar-refractivity contribution in [2.45, 2.75) is 39.2 Å². The van der Waals surface area contributed by atoms with Gasteiger partial charge >= 0.3 is 0 Å². The van der Waals surface area contributed by atoms with Crippen LogP contribution >= 0.6 is 0 Å². The van der Waals surface area contributed by atoms with E-state index in [2.05, 4.69) is 20.3 Å². The highest BCUT2D eigenvalue weighted by Crippen LogP contribution is 2.25. The number of nitrogens with one attached hydrogen (secondary N) is 1. The molecule has 6 nitrogen and oxygen atoms in total. The number of β-amino-alcohol motifs (C(OH)–C–C–N with tert-alkyl or cyclic N) is 1. The molecule has 2 heterocycles. The second kappa shape index (κ2) is 5.49. The Morgan fingerprint density at radius 3 is 2.89 bits per heavy atom. The molecule has 4 N–H and O–H groups in total. The van der Waals surface area contributed by atoms with Crippen molar-refractivity contribution in [3.8, 4) is 0 Å². The molecule has 1 aliphatic heterocycles. The highest BCUT2D eigenvalue weighted by Gasteiger charge is 2.22. The summed E-state index contributed by atoms with van der Waals surface area (Å²) < 4.78 is 0. The van der Waals surface area contributed by atoms with E-state index in [1.165, 1.54) is 0 Å². The molecular weight excluding hydrogens is 230 g/mol. The molecule has 0 aliphatic carbocycles. The van der Waals surface area contributed by atoms with E-state index in [4.69, 9.17) is 5.84 Å². The molecule has 100 valence electrons. The minimum atomic E-state index is -0.271. The predicted octanol–water partition coefficient (Wildman–Crippen LogP) is 0.594. The normalized spacial score (nSPS) is 20.0. The van der Waals surface area contributed by atoms with Crippen LogP contribution in [-0.4, -0.2) is 34.3 Å². The van der Waals surface area contributed by atoms with Gasteiger partial charge in [0, 0.05) is 25.1 Å². The largest absolute Gasteiger partial charge is 0.391 e. The number of nitrogens with zero attached hydrogens (tertiary/aromatic N) is 3. The van der Waals surface area contributed by atoms with Crippen molar-refractivity contribution in [2.24, 2.45) is 5.84 Å². The molecule has 1 unspecified atom stereocenters. The van der Waals surface area contributed by atoms with E-state index in [-0.39, 0.29) is 6.10 Å². The first kappa shape index (κ1) is 13.0. The molecule has 0 amide bonds. The molecule has 1 aromatic heterocycles. The maximum atomic E-state index is 9.76. The van der Waals surface area contributed by atoms with E-state index in [0.29, 0.717) is 12.4 Å². The molecule has 0 bridgehead atoms. The summed E-state index contributed by atoms with van der Waals surface area (Å²) in [6.07, 6.45) is 2.34. The molecule has 1 saturated heterocycles. The van der Waals surface area contributed by atoms with E-state index in [1.807, 2.05) is 13.8 Å². The number of hydrazine groups is 1. The molecule has 1 fully saturated rings. The van der Waals surface area contributed by atoms with Crippen LogP contribution in [0.5, 0.6) is 0 Å². The van der Waals surface area contributed by atoms with Gasteiger partial charge in [0.2, 0.25) is 0 Å². The first-order chi connectivity index (χ1) is 8.65. The van der Waals surface area contributed by atoms with Gasteiger partial charge in [-0.2, -0.15) is 0 Å². The Hall–Kier alpha value is -1.40. The van der Waals surface area contributed by atoms with Crippen LogP contribution in [-0.2, 0) is 6.42 Å². The average molecular weight is 251 g/mol. The number of aliphatic hydroxyl groups is 1. The van der Waals surface area contributed by atoms with Gasteiger partial charge in [0.05, 0.1) is 6.10 Å². The predicted molar refractivity (Wildman–Crippen MR) is 71.4 cm³/mol. The molecule has 1 aliphatic rings. The molecule has 0 radical (unpaired) electrons. The standard InChI is InChI=1S/C12H21N5O/c1-3-10-14-11(16-13)8(2)12(15-10)17-6-4-5-9(18)7-17/h9,18H,3-7,13H2,1-2H3,(H,14,15,16). The highest BCUT2D eigenvalue weighted by molar-refractivity contribution is 5.58. The van der Waals surface area contributed by atoms with Crippen LogP contribution in [0, 0.1) is 6.92 Å². The molecule has 2 rings (SSSR count). The molecule has 0 saturated carbocycles. The monoisotopic (exact) mass is 251 g/mol. The summed E-state index contributed by atoms with van der Waals surface area (Å²) >= 11 is 0. The third-order valence-electron chi connectivity index (χ3n) is 3.32. The fraction of sp³-hybridized carbons (Fsp3) is 0.667. The van der Waals surface area contributed by atoms with Crippen molar-refractivity contribution >= 4 is 11.6 Å². The fourth-order valence-electron chi connectivity index (χ4n) is 2.30. The molecule has 6 heteroatoms. The molecular formula is C12H21N5O. The zero-order valence-electron chi connectivity index (χ0n) is 11.0. The van der Waals surface area contributed by atoms with Crippen LogP contribution in [0.25, 0.3) is 0 Å². The van der Waals surface area contributed by atoms with Crippen molar-refractivity contribution < 1.29 is 5.11 Å². The number of anilines is 2. The number of rotatable bonds is 3. The van der Waals surface area contributed by atoms with E-state index < -0.39 is 0 Å². The van der Waals surface area contributed by atoms with Crippen LogP contribution < -0.4 is 16.2 Å². The Morgan fingerprint density at radius 1 is 1.50 bits per heavy atom. The summed E-state index contributed by atoms with van der Waals surface area (Å²) in [5.74, 6) is 7.81. The Balaban J connectivity index is 2.35. The minimum absolute atomic E-state index is 0.271. The number of hydrogen-bond acceptors (Lipinski definition) is 6. The molecule has 1 atom stereocenters. The van der Waals surface area contributed by atoms with Gasteiger partial charge in [-0.1, -0.05) is 6.92 Å². The van der Waals surface area contributed by atoms with Crippen molar-refractivity contribution in [3.63, 3.8) is 0 Å². The summed E-state index contributed by atoms with van der Waals surface area (Å²) in [5.41, 5.74) is 3.55. The first-order valence-electron chi connectivity index (χ1n) is 6.42. The van der Waals surface area contributed by atoms with Crippen molar-refractivity contribution in [3.05, 3.63) is 11.4 Å². The van der Waals surface area contributed by atoms with Crippen LogP contribution in [0.1, 0.15) is 31.2 Å². The van der Waals surface area contributed by atoms with Gasteiger partial charge in [0.25, 0.3) is 0 Å². The van der Waals surface area contributed by atoms with Gasteiger partial charge in [-0.3, -0.25) is 0 Å². The smallest absolute Gasteiger partial charge is 0.148 e. The molecule has 0 spiro atoms.